The van der Waals surface area contributed by atoms with Gasteiger partial charge in [-0.1, -0.05) is 30.3 Å². The maximum absolute atomic E-state index is 13.4. The first-order valence-corrected chi connectivity index (χ1v) is 5.23. The zero-order chi connectivity index (χ0) is 12.3. The summed E-state index contributed by atoms with van der Waals surface area (Å²) in [5, 5.41) is 7.82. The first-order valence-electron chi connectivity index (χ1n) is 5.23. The van der Waals surface area contributed by atoms with Crippen LogP contribution in [0.15, 0.2) is 48.5 Å². The molecule has 2 aromatic rings. The van der Waals surface area contributed by atoms with E-state index in [0.717, 1.165) is 0 Å². The molecule has 0 aliphatic heterocycles. The molecule has 0 bridgehead atoms. The van der Waals surface area contributed by atoms with Gasteiger partial charge in [-0.05, 0) is 23.8 Å². The van der Waals surface area contributed by atoms with Crippen molar-refractivity contribution in [3.8, 4) is 0 Å². The predicted molar refractivity (Wildman–Crippen MR) is 63.3 cm³/mol. The van der Waals surface area contributed by atoms with Gasteiger partial charge in [-0.3, -0.25) is 0 Å². The number of halogens is 2. The van der Waals surface area contributed by atoms with Crippen LogP contribution in [0.1, 0.15) is 11.1 Å². The summed E-state index contributed by atoms with van der Waals surface area (Å²) in [4.78, 5) is 0. The van der Waals surface area contributed by atoms with Crippen molar-refractivity contribution in [1.82, 2.24) is 0 Å². The molecule has 0 radical (unpaired) electrons. The lowest BCUT2D eigenvalue weighted by Crippen LogP contribution is -2.06. The zero-order valence-corrected chi connectivity index (χ0v) is 9.08. The van der Waals surface area contributed by atoms with Gasteiger partial charge in [-0.15, -0.1) is 0 Å². The molecule has 2 aromatic carbocycles. The average molecular weight is 231 g/mol. The first-order chi connectivity index (χ1) is 8.16. The fourth-order valence-corrected chi connectivity index (χ4v) is 1.65. The molecule has 86 valence electrons. The Bertz CT molecular complexity index is 549. The Morgan fingerprint density at radius 3 is 2.47 bits per heavy atom. The maximum Gasteiger partial charge on any atom is 0.132 e. The highest BCUT2D eigenvalue weighted by Crippen LogP contribution is 2.12. The number of hydrogen-bond donors (Lipinski definition) is 1. The van der Waals surface area contributed by atoms with E-state index in [1.165, 1.54) is 18.2 Å². The molecule has 1 N–H and O–H groups in total. The summed E-state index contributed by atoms with van der Waals surface area (Å²) in [6.07, 6.45) is 0.221. The lowest BCUT2D eigenvalue weighted by atomic mass is 10.0. The molecule has 2 rings (SSSR count). The summed E-state index contributed by atoms with van der Waals surface area (Å²) in [6, 6.07) is 12.1. The Morgan fingerprint density at radius 1 is 1.00 bits per heavy atom. The summed E-state index contributed by atoms with van der Waals surface area (Å²) in [6.45, 7) is 0. The summed E-state index contributed by atoms with van der Waals surface area (Å²) in [5.41, 5.74) is 1.07. The Morgan fingerprint density at radius 2 is 1.76 bits per heavy atom. The standard InChI is InChI=1S/C14H11F2N/c15-11-5-3-4-10(8-11)9-14(17)12-6-1-2-7-13(12)16/h1-8,17H,9H2. The Hall–Kier alpha value is -2.03. The molecule has 0 saturated heterocycles. The van der Waals surface area contributed by atoms with Crippen LogP contribution in [0.25, 0.3) is 0 Å². The van der Waals surface area contributed by atoms with E-state index in [9.17, 15) is 8.78 Å². The van der Waals surface area contributed by atoms with Gasteiger partial charge in [0.2, 0.25) is 0 Å². The van der Waals surface area contributed by atoms with Gasteiger partial charge in [0.1, 0.15) is 11.6 Å². The molecule has 0 saturated carbocycles. The van der Waals surface area contributed by atoms with Crippen LogP contribution in [0.5, 0.6) is 0 Å². The predicted octanol–water partition coefficient (Wildman–Crippen LogP) is 3.58. The molecule has 3 heteroatoms. The largest absolute Gasteiger partial charge is 0.304 e. The number of nitrogens with one attached hydrogen (secondary N) is 1. The molecule has 0 aliphatic rings. The van der Waals surface area contributed by atoms with Gasteiger partial charge in [0, 0.05) is 17.7 Å². The molecule has 0 fully saturated rings. The number of rotatable bonds is 3. The topological polar surface area (TPSA) is 23.9 Å². The Kier molecular flexibility index (Phi) is 3.28. The van der Waals surface area contributed by atoms with Gasteiger partial charge in [0.15, 0.2) is 0 Å². The molecule has 0 amide bonds. The Labute approximate surface area is 98.2 Å². The molecule has 0 heterocycles. The SMILES string of the molecule is N=C(Cc1cccc(F)c1)c1ccccc1F. The Balaban J connectivity index is 2.20. The molecule has 0 unspecified atom stereocenters. The number of benzene rings is 2. The molecular formula is C14H11F2N. The summed E-state index contributed by atoms with van der Waals surface area (Å²) in [5.74, 6) is -0.766. The van der Waals surface area contributed by atoms with Crippen molar-refractivity contribution in [1.29, 1.82) is 5.41 Å². The smallest absolute Gasteiger partial charge is 0.132 e. The van der Waals surface area contributed by atoms with Crippen molar-refractivity contribution < 1.29 is 8.78 Å². The van der Waals surface area contributed by atoms with Crippen molar-refractivity contribution in [2.45, 2.75) is 6.42 Å². The second kappa shape index (κ2) is 4.87. The highest BCUT2D eigenvalue weighted by atomic mass is 19.1. The van der Waals surface area contributed by atoms with Gasteiger partial charge in [0.05, 0.1) is 0 Å². The van der Waals surface area contributed by atoms with Crippen LogP contribution in [0, 0.1) is 17.0 Å². The van der Waals surface area contributed by atoms with E-state index in [2.05, 4.69) is 0 Å². The maximum atomic E-state index is 13.4. The van der Waals surface area contributed by atoms with Gasteiger partial charge in [-0.25, -0.2) is 8.78 Å². The van der Waals surface area contributed by atoms with Crippen molar-refractivity contribution in [3.63, 3.8) is 0 Å². The van der Waals surface area contributed by atoms with Gasteiger partial charge in [0.25, 0.3) is 0 Å². The molecule has 0 aromatic heterocycles. The fourth-order valence-electron chi connectivity index (χ4n) is 1.65. The van der Waals surface area contributed by atoms with Gasteiger partial charge in [-0.2, -0.15) is 0 Å². The lowest BCUT2D eigenvalue weighted by molar-refractivity contribution is 0.624. The minimum atomic E-state index is -0.422. The molecule has 1 nitrogen and oxygen atoms in total. The third-order valence-corrected chi connectivity index (χ3v) is 2.47. The van der Waals surface area contributed by atoms with E-state index in [4.69, 9.17) is 5.41 Å². The third-order valence-electron chi connectivity index (χ3n) is 2.47. The molecule has 0 aliphatic carbocycles. The lowest BCUT2D eigenvalue weighted by Gasteiger charge is -2.05. The second-order valence-electron chi connectivity index (χ2n) is 3.77. The van der Waals surface area contributed by atoms with Crippen LogP contribution < -0.4 is 0 Å². The van der Waals surface area contributed by atoms with Crippen LogP contribution in [-0.2, 0) is 6.42 Å². The fraction of sp³-hybridized carbons (Fsp3) is 0.0714. The quantitative estimate of drug-likeness (QED) is 0.781. The van der Waals surface area contributed by atoms with Crippen LogP contribution in [0.3, 0.4) is 0 Å². The van der Waals surface area contributed by atoms with E-state index >= 15 is 0 Å². The van der Waals surface area contributed by atoms with Crippen molar-refractivity contribution in [2.24, 2.45) is 0 Å². The summed E-state index contributed by atoms with van der Waals surface area (Å²) < 4.78 is 26.4. The average Bonchev–Trinajstić information content (AvgIpc) is 2.29. The van der Waals surface area contributed by atoms with E-state index < -0.39 is 5.82 Å². The highest BCUT2D eigenvalue weighted by molar-refractivity contribution is 5.99. The molecular weight excluding hydrogens is 220 g/mol. The van der Waals surface area contributed by atoms with Crippen molar-refractivity contribution >= 4 is 5.71 Å². The van der Waals surface area contributed by atoms with Crippen LogP contribution in [0.2, 0.25) is 0 Å². The van der Waals surface area contributed by atoms with Crippen LogP contribution in [-0.4, -0.2) is 5.71 Å². The minimum absolute atomic E-state index is 0.147. The molecule has 0 spiro atoms. The van der Waals surface area contributed by atoms with Crippen molar-refractivity contribution in [2.75, 3.05) is 0 Å². The minimum Gasteiger partial charge on any atom is -0.304 e. The van der Waals surface area contributed by atoms with Crippen molar-refractivity contribution in [3.05, 3.63) is 71.3 Å². The second-order valence-corrected chi connectivity index (χ2v) is 3.77. The number of hydrogen-bond acceptors (Lipinski definition) is 1. The highest BCUT2D eigenvalue weighted by Gasteiger charge is 2.08. The third kappa shape index (κ3) is 2.75. The normalized spacial score (nSPS) is 10.2. The van der Waals surface area contributed by atoms with E-state index in [1.807, 2.05) is 0 Å². The van der Waals surface area contributed by atoms with Gasteiger partial charge < -0.3 is 5.41 Å². The van der Waals surface area contributed by atoms with E-state index in [0.29, 0.717) is 5.56 Å². The molecule has 0 atom stereocenters. The molecule has 17 heavy (non-hydrogen) atoms. The van der Waals surface area contributed by atoms with Gasteiger partial charge >= 0.3 is 0 Å². The first kappa shape index (κ1) is 11.5. The van der Waals surface area contributed by atoms with Crippen LogP contribution in [0.4, 0.5) is 8.78 Å². The monoisotopic (exact) mass is 231 g/mol. The van der Waals surface area contributed by atoms with Crippen LogP contribution >= 0.6 is 0 Å². The van der Waals surface area contributed by atoms with E-state index in [-0.39, 0.29) is 23.5 Å². The summed E-state index contributed by atoms with van der Waals surface area (Å²) in [7, 11) is 0. The zero-order valence-electron chi connectivity index (χ0n) is 9.08. The summed E-state index contributed by atoms with van der Waals surface area (Å²) >= 11 is 0. The van der Waals surface area contributed by atoms with E-state index in [1.54, 1.807) is 30.3 Å².